The van der Waals surface area contributed by atoms with Crippen LogP contribution in [0.5, 0.6) is 0 Å². The van der Waals surface area contributed by atoms with Crippen molar-refractivity contribution in [1.29, 1.82) is 0 Å². The summed E-state index contributed by atoms with van der Waals surface area (Å²) in [5.74, 6) is 1.96. The first-order valence-electron chi connectivity index (χ1n) is 9.95. The molecule has 2 aromatic rings. The number of halogens is 1. The highest BCUT2D eigenvalue weighted by molar-refractivity contribution is 5.46. The van der Waals surface area contributed by atoms with Gasteiger partial charge < -0.3 is 19.9 Å². The van der Waals surface area contributed by atoms with E-state index >= 15 is 0 Å². The van der Waals surface area contributed by atoms with Crippen LogP contribution in [-0.4, -0.2) is 65.4 Å². The molecule has 0 radical (unpaired) electrons. The number of ether oxygens (including phenoxy) is 1. The summed E-state index contributed by atoms with van der Waals surface area (Å²) in [5, 5.41) is 3.40. The standard InChI is InChI=1S/C19H24FN7O/c20-16-17(13-1-2-13)22-12-23-18(16)27-6-4-14(11-27)24-19-21-5-3-15(25-19)26-7-9-28-10-8-26/h3,5,12-14H,1-2,4,6-11H2,(H,21,24,25). The van der Waals surface area contributed by atoms with E-state index in [0.29, 0.717) is 24.0 Å². The van der Waals surface area contributed by atoms with Crippen LogP contribution < -0.4 is 15.1 Å². The number of morpholine rings is 1. The lowest BCUT2D eigenvalue weighted by Crippen LogP contribution is -2.37. The van der Waals surface area contributed by atoms with Gasteiger partial charge in [-0.1, -0.05) is 0 Å². The van der Waals surface area contributed by atoms with Gasteiger partial charge in [-0.05, 0) is 25.3 Å². The van der Waals surface area contributed by atoms with Crippen molar-refractivity contribution in [2.24, 2.45) is 0 Å². The number of hydrogen-bond donors (Lipinski definition) is 1. The number of nitrogens with zero attached hydrogens (tertiary/aromatic N) is 6. The van der Waals surface area contributed by atoms with Crippen molar-refractivity contribution < 1.29 is 9.13 Å². The van der Waals surface area contributed by atoms with Crippen LogP contribution in [-0.2, 0) is 4.74 Å². The monoisotopic (exact) mass is 385 g/mol. The van der Waals surface area contributed by atoms with Crippen molar-refractivity contribution in [3.05, 3.63) is 30.1 Å². The van der Waals surface area contributed by atoms with Gasteiger partial charge in [0.05, 0.1) is 18.9 Å². The van der Waals surface area contributed by atoms with Crippen molar-refractivity contribution in [3.8, 4) is 0 Å². The van der Waals surface area contributed by atoms with Crippen LogP contribution in [0.25, 0.3) is 0 Å². The minimum absolute atomic E-state index is 0.152. The van der Waals surface area contributed by atoms with Crippen molar-refractivity contribution in [3.63, 3.8) is 0 Å². The highest BCUT2D eigenvalue weighted by Crippen LogP contribution is 2.41. The maximum Gasteiger partial charge on any atom is 0.224 e. The van der Waals surface area contributed by atoms with E-state index in [1.54, 1.807) is 6.20 Å². The molecule has 3 aliphatic rings. The second kappa shape index (κ2) is 7.46. The van der Waals surface area contributed by atoms with Gasteiger partial charge in [0.2, 0.25) is 5.95 Å². The lowest BCUT2D eigenvalue weighted by Gasteiger charge is -2.28. The van der Waals surface area contributed by atoms with Gasteiger partial charge in [0.15, 0.2) is 11.6 Å². The van der Waals surface area contributed by atoms with Gasteiger partial charge in [-0.2, -0.15) is 4.98 Å². The zero-order valence-corrected chi connectivity index (χ0v) is 15.7. The summed E-state index contributed by atoms with van der Waals surface area (Å²) >= 11 is 0. The summed E-state index contributed by atoms with van der Waals surface area (Å²) in [6, 6.07) is 2.08. The Bertz CT molecular complexity index is 841. The minimum Gasteiger partial charge on any atom is -0.378 e. The van der Waals surface area contributed by atoms with Crippen molar-refractivity contribution in [1.82, 2.24) is 19.9 Å². The normalized spacial score (nSPS) is 22.5. The molecule has 1 atom stereocenters. The summed E-state index contributed by atoms with van der Waals surface area (Å²) in [7, 11) is 0. The molecule has 2 aliphatic heterocycles. The number of hydrogen-bond acceptors (Lipinski definition) is 8. The van der Waals surface area contributed by atoms with Crippen LogP contribution >= 0.6 is 0 Å². The predicted molar refractivity (Wildman–Crippen MR) is 103 cm³/mol. The summed E-state index contributed by atoms with van der Waals surface area (Å²) in [6.07, 6.45) is 6.19. The zero-order valence-electron chi connectivity index (χ0n) is 15.7. The van der Waals surface area contributed by atoms with Crippen LogP contribution in [0.1, 0.15) is 30.9 Å². The molecule has 28 heavy (non-hydrogen) atoms. The van der Waals surface area contributed by atoms with Crippen molar-refractivity contribution in [2.75, 3.05) is 54.5 Å². The summed E-state index contributed by atoms with van der Waals surface area (Å²) in [5.41, 5.74) is 0.572. The zero-order chi connectivity index (χ0) is 18.9. The highest BCUT2D eigenvalue weighted by Gasteiger charge is 2.32. The Morgan fingerprint density at radius 2 is 1.89 bits per heavy atom. The topological polar surface area (TPSA) is 79.3 Å². The molecule has 1 unspecified atom stereocenters. The molecule has 5 rings (SSSR count). The molecule has 1 saturated carbocycles. The third-order valence-corrected chi connectivity index (χ3v) is 5.56. The Balaban J connectivity index is 1.25. The highest BCUT2D eigenvalue weighted by atomic mass is 19.1. The van der Waals surface area contributed by atoms with Crippen LogP contribution in [0.3, 0.4) is 0 Å². The van der Waals surface area contributed by atoms with E-state index in [9.17, 15) is 4.39 Å². The van der Waals surface area contributed by atoms with Crippen LogP contribution in [0.2, 0.25) is 0 Å². The fourth-order valence-corrected chi connectivity index (χ4v) is 3.88. The molecular formula is C19H24FN7O. The lowest BCUT2D eigenvalue weighted by molar-refractivity contribution is 0.122. The molecule has 0 bridgehead atoms. The maximum atomic E-state index is 14.8. The molecule has 3 fully saturated rings. The van der Waals surface area contributed by atoms with Gasteiger partial charge in [0, 0.05) is 44.3 Å². The Kier molecular flexibility index (Phi) is 4.67. The van der Waals surface area contributed by atoms with E-state index in [1.807, 2.05) is 11.0 Å². The molecule has 0 aromatic carbocycles. The molecule has 1 aliphatic carbocycles. The lowest BCUT2D eigenvalue weighted by atomic mass is 10.2. The Morgan fingerprint density at radius 3 is 2.71 bits per heavy atom. The molecule has 9 heteroatoms. The van der Waals surface area contributed by atoms with E-state index in [1.165, 1.54) is 6.33 Å². The minimum atomic E-state index is -0.254. The van der Waals surface area contributed by atoms with Gasteiger partial charge in [0.1, 0.15) is 12.1 Å². The number of rotatable bonds is 5. The molecular weight excluding hydrogens is 361 g/mol. The van der Waals surface area contributed by atoms with Crippen molar-refractivity contribution in [2.45, 2.75) is 31.2 Å². The number of nitrogens with one attached hydrogen (secondary N) is 1. The Morgan fingerprint density at radius 1 is 1.04 bits per heavy atom. The Hall–Kier alpha value is -2.55. The van der Waals surface area contributed by atoms with E-state index in [-0.39, 0.29) is 17.8 Å². The molecule has 0 amide bonds. The van der Waals surface area contributed by atoms with E-state index in [0.717, 1.165) is 57.9 Å². The van der Waals surface area contributed by atoms with Gasteiger partial charge in [-0.25, -0.2) is 19.3 Å². The van der Waals surface area contributed by atoms with Crippen molar-refractivity contribution >= 4 is 17.6 Å². The molecule has 148 valence electrons. The van der Waals surface area contributed by atoms with Gasteiger partial charge in [0.25, 0.3) is 0 Å². The molecule has 1 N–H and O–H groups in total. The number of anilines is 3. The van der Waals surface area contributed by atoms with Gasteiger partial charge >= 0.3 is 0 Å². The molecule has 2 aromatic heterocycles. The molecule has 0 spiro atoms. The first-order valence-corrected chi connectivity index (χ1v) is 9.95. The quantitative estimate of drug-likeness (QED) is 0.835. The summed E-state index contributed by atoms with van der Waals surface area (Å²) in [6.45, 7) is 4.53. The SMILES string of the molecule is Fc1c(C2CC2)ncnc1N1CCC(Nc2nccc(N3CCOCC3)n2)C1. The maximum absolute atomic E-state index is 14.8. The molecule has 4 heterocycles. The predicted octanol–water partition coefficient (Wildman–Crippen LogP) is 1.81. The second-order valence-corrected chi connectivity index (χ2v) is 7.58. The van der Waals surface area contributed by atoms with Gasteiger partial charge in [-0.15, -0.1) is 0 Å². The van der Waals surface area contributed by atoms with Crippen LogP contribution in [0, 0.1) is 5.82 Å². The Labute approximate surface area is 163 Å². The van der Waals surface area contributed by atoms with E-state index < -0.39 is 0 Å². The smallest absolute Gasteiger partial charge is 0.224 e. The first kappa shape index (κ1) is 17.5. The average molecular weight is 385 g/mol. The van der Waals surface area contributed by atoms with E-state index in [4.69, 9.17) is 4.74 Å². The van der Waals surface area contributed by atoms with Gasteiger partial charge in [-0.3, -0.25) is 0 Å². The average Bonchev–Trinajstić information content (AvgIpc) is 3.48. The second-order valence-electron chi connectivity index (χ2n) is 7.58. The third-order valence-electron chi connectivity index (χ3n) is 5.56. The summed E-state index contributed by atoms with van der Waals surface area (Å²) < 4.78 is 20.2. The van der Waals surface area contributed by atoms with E-state index in [2.05, 4.69) is 30.2 Å². The molecule has 2 saturated heterocycles. The third kappa shape index (κ3) is 3.58. The fraction of sp³-hybridized carbons (Fsp3) is 0.579. The largest absolute Gasteiger partial charge is 0.378 e. The van der Waals surface area contributed by atoms with Crippen LogP contribution in [0.4, 0.5) is 22.0 Å². The van der Waals surface area contributed by atoms with Crippen LogP contribution in [0.15, 0.2) is 18.6 Å². The molecule has 8 nitrogen and oxygen atoms in total. The summed E-state index contributed by atoms with van der Waals surface area (Å²) in [4.78, 5) is 21.6. The number of aromatic nitrogens is 4. The first-order chi connectivity index (χ1) is 13.8. The fourth-order valence-electron chi connectivity index (χ4n) is 3.88.